The van der Waals surface area contributed by atoms with Gasteiger partial charge in [0.25, 0.3) is 5.56 Å². The van der Waals surface area contributed by atoms with Gasteiger partial charge in [-0.05, 0) is 36.4 Å². The van der Waals surface area contributed by atoms with Gasteiger partial charge in [0.15, 0.2) is 12.2 Å². The smallest absolute Gasteiger partial charge is 0.338 e. The number of esters is 3. The van der Waals surface area contributed by atoms with Crippen LogP contribution in [-0.2, 0) is 18.9 Å². The summed E-state index contributed by atoms with van der Waals surface area (Å²) in [5, 5.41) is 0. The first kappa shape index (κ1) is 28.4. The van der Waals surface area contributed by atoms with Crippen molar-refractivity contribution in [2.75, 3.05) is 12.3 Å². The normalized spacial score (nSPS) is 19.4. The standard InChI is InChI=1S/C32H26N4O8/c33-32-35-23-21(16-34-24(23)28(37)36-32)25-27(44-31(40)20-14-8-3-9-15-20)26(43-30(39)19-12-6-2-7-13-19)22(42-25)17-41-29(38)18-10-4-1-5-11-18/h1-16,22,25-27,34H,17H2,(H3,33,35,36,37)/t22-,25+,26-,27+/m1/s1. The van der Waals surface area contributed by atoms with Crippen LogP contribution in [0.2, 0.25) is 0 Å². The van der Waals surface area contributed by atoms with Gasteiger partial charge in [-0.1, -0.05) is 54.6 Å². The van der Waals surface area contributed by atoms with Gasteiger partial charge in [0, 0.05) is 11.8 Å². The average Bonchev–Trinajstić information content (AvgIpc) is 3.62. The predicted molar refractivity (Wildman–Crippen MR) is 157 cm³/mol. The van der Waals surface area contributed by atoms with E-state index in [4.69, 9.17) is 24.7 Å². The average molecular weight is 595 g/mol. The molecule has 4 atom stereocenters. The molecule has 0 saturated carbocycles. The van der Waals surface area contributed by atoms with E-state index < -0.39 is 47.9 Å². The summed E-state index contributed by atoms with van der Waals surface area (Å²) in [7, 11) is 0. The van der Waals surface area contributed by atoms with Crippen LogP contribution in [0.25, 0.3) is 11.0 Å². The lowest BCUT2D eigenvalue weighted by Gasteiger charge is -2.24. The van der Waals surface area contributed by atoms with E-state index in [1.807, 2.05) is 0 Å². The molecule has 0 unspecified atom stereocenters. The summed E-state index contributed by atoms with van der Waals surface area (Å²) < 4.78 is 23.8. The van der Waals surface area contributed by atoms with Gasteiger partial charge in [-0.3, -0.25) is 9.78 Å². The van der Waals surface area contributed by atoms with Gasteiger partial charge in [-0.2, -0.15) is 0 Å². The van der Waals surface area contributed by atoms with E-state index in [0.29, 0.717) is 11.1 Å². The maximum atomic E-state index is 13.3. The Kier molecular flexibility index (Phi) is 7.89. The molecule has 3 heterocycles. The van der Waals surface area contributed by atoms with Crippen molar-refractivity contribution in [1.82, 2.24) is 15.0 Å². The number of fused-ring (bicyclic) bond motifs is 1. The van der Waals surface area contributed by atoms with Gasteiger partial charge in [-0.25, -0.2) is 19.4 Å². The number of H-pyrrole nitrogens is 2. The molecule has 222 valence electrons. The maximum absolute atomic E-state index is 13.3. The summed E-state index contributed by atoms with van der Waals surface area (Å²) in [6.07, 6.45) is -3.21. The van der Waals surface area contributed by atoms with Crippen molar-refractivity contribution < 1.29 is 33.3 Å². The highest BCUT2D eigenvalue weighted by Crippen LogP contribution is 2.40. The van der Waals surface area contributed by atoms with Crippen molar-refractivity contribution in [1.29, 1.82) is 0 Å². The van der Waals surface area contributed by atoms with Crippen LogP contribution in [0.5, 0.6) is 0 Å². The van der Waals surface area contributed by atoms with Crippen LogP contribution in [0.4, 0.5) is 5.95 Å². The number of aromatic nitrogens is 3. The fraction of sp³-hybridized carbons (Fsp3) is 0.156. The molecule has 6 rings (SSSR count). The van der Waals surface area contributed by atoms with Crippen LogP contribution in [0.3, 0.4) is 0 Å². The van der Waals surface area contributed by atoms with Crippen LogP contribution in [0.15, 0.2) is 102 Å². The number of ether oxygens (including phenoxy) is 4. The molecule has 0 aliphatic carbocycles. The molecule has 3 aromatic carbocycles. The summed E-state index contributed by atoms with van der Waals surface area (Å²) in [5.74, 6) is -2.19. The number of nitrogen functional groups attached to an aromatic ring is 1. The number of hydrogen-bond acceptors (Lipinski definition) is 10. The fourth-order valence-corrected chi connectivity index (χ4v) is 5.00. The van der Waals surface area contributed by atoms with Crippen molar-refractivity contribution in [2.24, 2.45) is 0 Å². The SMILES string of the molecule is Nc1nc2c([C@@H]3O[C@H](COC(=O)c4ccccc4)[C@@H](OC(=O)c4ccccc4)[C@H]3OC(=O)c3ccccc3)c[nH]c2c(=O)[nH]1. The molecule has 44 heavy (non-hydrogen) atoms. The van der Waals surface area contributed by atoms with Crippen molar-refractivity contribution >= 4 is 34.9 Å². The minimum atomic E-state index is -1.25. The Morgan fingerprint density at radius 1 is 0.773 bits per heavy atom. The Labute approximate surface area is 249 Å². The van der Waals surface area contributed by atoms with Gasteiger partial charge >= 0.3 is 17.9 Å². The number of nitrogens with zero attached hydrogens (tertiary/aromatic N) is 1. The Bertz CT molecular complexity index is 1860. The van der Waals surface area contributed by atoms with Gasteiger partial charge in [0.05, 0.1) is 16.7 Å². The highest BCUT2D eigenvalue weighted by atomic mass is 16.6. The van der Waals surface area contributed by atoms with Crippen molar-refractivity contribution in [3.05, 3.63) is 130 Å². The van der Waals surface area contributed by atoms with Crippen molar-refractivity contribution in [2.45, 2.75) is 24.4 Å². The maximum Gasteiger partial charge on any atom is 0.338 e. The molecule has 12 heteroatoms. The molecule has 12 nitrogen and oxygen atoms in total. The first-order valence-corrected chi connectivity index (χ1v) is 13.7. The third-order valence-electron chi connectivity index (χ3n) is 7.09. The van der Waals surface area contributed by atoms with Crippen LogP contribution < -0.4 is 11.3 Å². The summed E-state index contributed by atoms with van der Waals surface area (Å²) in [5.41, 5.74) is 6.72. The zero-order chi connectivity index (χ0) is 30.6. The molecule has 0 radical (unpaired) electrons. The first-order valence-electron chi connectivity index (χ1n) is 13.7. The molecule has 1 saturated heterocycles. The molecule has 0 amide bonds. The quantitative estimate of drug-likeness (QED) is 0.178. The lowest BCUT2D eigenvalue weighted by Crippen LogP contribution is -2.40. The summed E-state index contributed by atoms with van der Waals surface area (Å²) >= 11 is 0. The number of hydrogen-bond donors (Lipinski definition) is 3. The summed E-state index contributed by atoms with van der Waals surface area (Å²) in [4.78, 5) is 61.6. The number of anilines is 1. The third-order valence-corrected chi connectivity index (χ3v) is 7.09. The predicted octanol–water partition coefficient (Wildman–Crippen LogP) is 3.58. The van der Waals surface area contributed by atoms with Crippen LogP contribution in [0.1, 0.15) is 42.7 Å². The Morgan fingerprint density at radius 2 is 1.30 bits per heavy atom. The molecule has 0 spiro atoms. The van der Waals surface area contributed by atoms with E-state index in [1.165, 1.54) is 6.20 Å². The molecule has 1 fully saturated rings. The molecular formula is C32H26N4O8. The van der Waals surface area contributed by atoms with Crippen LogP contribution >= 0.6 is 0 Å². The number of nitrogens with one attached hydrogen (secondary N) is 2. The zero-order valence-electron chi connectivity index (χ0n) is 23.0. The summed E-state index contributed by atoms with van der Waals surface area (Å²) in [6, 6.07) is 24.8. The van der Waals surface area contributed by atoms with E-state index in [0.717, 1.165) is 0 Å². The monoisotopic (exact) mass is 594 g/mol. The lowest BCUT2D eigenvalue weighted by molar-refractivity contribution is -0.0449. The third kappa shape index (κ3) is 5.78. The van der Waals surface area contributed by atoms with E-state index in [9.17, 15) is 19.2 Å². The second-order valence-corrected chi connectivity index (χ2v) is 9.95. The number of rotatable bonds is 8. The van der Waals surface area contributed by atoms with Crippen molar-refractivity contribution in [3.63, 3.8) is 0 Å². The number of carbonyl (C=O) groups is 3. The van der Waals surface area contributed by atoms with Gasteiger partial charge in [-0.15, -0.1) is 0 Å². The number of aromatic amines is 2. The van der Waals surface area contributed by atoms with E-state index >= 15 is 0 Å². The Morgan fingerprint density at radius 3 is 1.86 bits per heavy atom. The van der Waals surface area contributed by atoms with E-state index in [-0.39, 0.29) is 34.7 Å². The minimum absolute atomic E-state index is 0.114. The highest BCUT2D eigenvalue weighted by molar-refractivity contribution is 5.91. The van der Waals surface area contributed by atoms with Gasteiger partial charge in [0.2, 0.25) is 5.95 Å². The molecule has 1 aliphatic heterocycles. The molecular weight excluding hydrogens is 568 g/mol. The van der Waals surface area contributed by atoms with Crippen LogP contribution in [-0.4, -0.2) is 57.8 Å². The minimum Gasteiger partial charge on any atom is -0.459 e. The van der Waals surface area contributed by atoms with E-state index in [1.54, 1.807) is 91.0 Å². The zero-order valence-corrected chi connectivity index (χ0v) is 23.0. The largest absolute Gasteiger partial charge is 0.459 e. The summed E-state index contributed by atoms with van der Waals surface area (Å²) in [6.45, 7) is -0.352. The molecule has 0 bridgehead atoms. The molecule has 5 aromatic rings. The number of nitrogens with two attached hydrogens (primary N) is 1. The Hall–Kier alpha value is -5.75. The molecule has 2 aromatic heterocycles. The molecule has 4 N–H and O–H groups in total. The van der Waals surface area contributed by atoms with Gasteiger partial charge < -0.3 is 29.7 Å². The highest BCUT2D eigenvalue weighted by Gasteiger charge is 2.52. The Balaban J connectivity index is 1.39. The second-order valence-electron chi connectivity index (χ2n) is 9.95. The van der Waals surface area contributed by atoms with Crippen LogP contribution in [0, 0.1) is 0 Å². The van der Waals surface area contributed by atoms with Crippen molar-refractivity contribution in [3.8, 4) is 0 Å². The van der Waals surface area contributed by atoms with E-state index in [2.05, 4.69) is 15.0 Å². The topological polar surface area (TPSA) is 176 Å². The van der Waals surface area contributed by atoms with Gasteiger partial charge in [0.1, 0.15) is 29.8 Å². The number of carbonyl (C=O) groups excluding carboxylic acids is 3. The molecule has 1 aliphatic rings. The number of benzene rings is 3. The fourth-order valence-electron chi connectivity index (χ4n) is 5.00. The first-order chi connectivity index (χ1) is 21.4. The lowest BCUT2D eigenvalue weighted by atomic mass is 10.0. The second kappa shape index (κ2) is 12.2.